The maximum absolute atomic E-state index is 13.1. The van der Waals surface area contributed by atoms with Crippen molar-refractivity contribution in [3.8, 4) is 17.0 Å². The van der Waals surface area contributed by atoms with E-state index < -0.39 is 0 Å². The molecule has 4 rings (SSSR count). The number of nitrogens with one attached hydrogen (secondary N) is 2. The van der Waals surface area contributed by atoms with E-state index >= 15 is 0 Å². The van der Waals surface area contributed by atoms with Crippen molar-refractivity contribution in [1.29, 1.82) is 0 Å². The van der Waals surface area contributed by atoms with Gasteiger partial charge in [0.2, 0.25) is 5.91 Å². The quantitative estimate of drug-likeness (QED) is 0.357. The van der Waals surface area contributed by atoms with Crippen LogP contribution in [0, 0.1) is 5.82 Å². The second-order valence-corrected chi connectivity index (χ2v) is 8.37. The van der Waals surface area contributed by atoms with Gasteiger partial charge in [0.1, 0.15) is 18.2 Å². The summed E-state index contributed by atoms with van der Waals surface area (Å²) in [5.41, 5.74) is 3.81. The van der Waals surface area contributed by atoms with Crippen LogP contribution in [-0.2, 0) is 17.9 Å². The molecule has 8 heteroatoms. The first-order chi connectivity index (χ1) is 16.5. The van der Waals surface area contributed by atoms with E-state index in [1.54, 1.807) is 36.4 Å². The summed E-state index contributed by atoms with van der Waals surface area (Å²) in [5, 5.41) is 7.93. The van der Waals surface area contributed by atoms with E-state index in [1.165, 1.54) is 30.4 Å². The summed E-state index contributed by atoms with van der Waals surface area (Å²) >= 11 is 1.33. The van der Waals surface area contributed by atoms with Gasteiger partial charge in [0.15, 0.2) is 5.13 Å². The summed E-state index contributed by atoms with van der Waals surface area (Å²) in [7, 11) is 0. The molecule has 0 bridgehead atoms. The first kappa shape index (κ1) is 23.1. The van der Waals surface area contributed by atoms with Gasteiger partial charge in [-0.1, -0.05) is 48.5 Å². The summed E-state index contributed by atoms with van der Waals surface area (Å²) in [6.45, 7) is 2.16. The minimum absolute atomic E-state index is 0.0774. The average molecular weight is 476 g/mol. The SMILES string of the molecule is CC(=O)NCc1ccc(-c2csc(NC(=O)c3ccccc3OCc3ccc(F)cc3)n2)cc1. The Kier molecular flexibility index (Phi) is 7.29. The predicted octanol–water partition coefficient (Wildman–Crippen LogP) is 5.42. The molecule has 2 amide bonds. The molecule has 0 unspecified atom stereocenters. The summed E-state index contributed by atoms with van der Waals surface area (Å²) in [6.07, 6.45) is 0. The van der Waals surface area contributed by atoms with E-state index in [4.69, 9.17) is 4.74 Å². The molecule has 1 heterocycles. The largest absolute Gasteiger partial charge is 0.488 e. The minimum Gasteiger partial charge on any atom is -0.488 e. The van der Waals surface area contributed by atoms with Crippen LogP contribution in [0.4, 0.5) is 9.52 Å². The molecule has 0 aliphatic rings. The molecule has 4 aromatic rings. The molecular weight excluding hydrogens is 453 g/mol. The van der Waals surface area contributed by atoms with Crippen LogP contribution in [0.25, 0.3) is 11.3 Å². The summed E-state index contributed by atoms with van der Waals surface area (Å²) in [6, 6.07) is 20.7. The number of carbonyl (C=O) groups excluding carboxylic acids is 2. The molecule has 3 aromatic carbocycles. The van der Waals surface area contributed by atoms with Gasteiger partial charge in [-0.25, -0.2) is 9.37 Å². The third kappa shape index (κ3) is 6.05. The molecule has 34 heavy (non-hydrogen) atoms. The average Bonchev–Trinajstić information content (AvgIpc) is 3.31. The van der Waals surface area contributed by atoms with Crippen LogP contribution in [0.15, 0.2) is 78.2 Å². The lowest BCUT2D eigenvalue weighted by atomic mass is 10.1. The second-order valence-electron chi connectivity index (χ2n) is 7.51. The van der Waals surface area contributed by atoms with Crippen molar-refractivity contribution in [2.75, 3.05) is 5.32 Å². The molecule has 0 saturated carbocycles. The number of benzene rings is 3. The van der Waals surface area contributed by atoms with Crippen molar-refractivity contribution in [2.24, 2.45) is 0 Å². The first-order valence-electron chi connectivity index (χ1n) is 10.5. The monoisotopic (exact) mass is 475 g/mol. The number of amides is 2. The minimum atomic E-state index is -0.332. The molecule has 0 aliphatic heterocycles. The van der Waals surface area contributed by atoms with Gasteiger partial charge in [-0.15, -0.1) is 11.3 Å². The molecule has 0 spiro atoms. The summed E-state index contributed by atoms with van der Waals surface area (Å²) in [4.78, 5) is 28.5. The van der Waals surface area contributed by atoms with Crippen LogP contribution < -0.4 is 15.4 Å². The lowest BCUT2D eigenvalue weighted by molar-refractivity contribution is -0.119. The number of ether oxygens (including phenoxy) is 1. The highest BCUT2D eigenvalue weighted by Crippen LogP contribution is 2.27. The van der Waals surface area contributed by atoms with Crippen LogP contribution in [0.1, 0.15) is 28.4 Å². The molecule has 0 saturated heterocycles. The van der Waals surface area contributed by atoms with Gasteiger partial charge in [-0.3, -0.25) is 14.9 Å². The zero-order chi connectivity index (χ0) is 23.9. The van der Waals surface area contributed by atoms with Gasteiger partial charge in [0, 0.05) is 24.4 Å². The van der Waals surface area contributed by atoms with E-state index in [0.29, 0.717) is 23.0 Å². The number of para-hydroxylation sites is 1. The number of nitrogens with zero attached hydrogens (tertiary/aromatic N) is 1. The molecule has 0 radical (unpaired) electrons. The van der Waals surface area contributed by atoms with Gasteiger partial charge in [0.25, 0.3) is 5.91 Å². The first-order valence-corrected chi connectivity index (χ1v) is 11.4. The van der Waals surface area contributed by atoms with Crippen molar-refractivity contribution >= 4 is 28.3 Å². The van der Waals surface area contributed by atoms with Crippen LogP contribution >= 0.6 is 11.3 Å². The van der Waals surface area contributed by atoms with Crippen molar-refractivity contribution < 1.29 is 18.7 Å². The highest BCUT2D eigenvalue weighted by Gasteiger charge is 2.15. The van der Waals surface area contributed by atoms with Gasteiger partial charge in [-0.05, 0) is 35.4 Å². The molecule has 6 nitrogen and oxygen atoms in total. The molecule has 0 atom stereocenters. The number of carbonyl (C=O) groups is 2. The Labute approximate surface area is 200 Å². The van der Waals surface area contributed by atoms with Crippen LogP contribution in [0.3, 0.4) is 0 Å². The Morgan fingerprint density at radius 2 is 1.68 bits per heavy atom. The van der Waals surface area contributed by atoms with Gasteiger partial charge >= 0.3 is 0 Å². The fourth-order valence-electron chi connectivity index (χ4n) is 3.17. The van der Waals surface area contributed by atoms with Crippen molar-refractivity contribution in [3.05, 3.63) is 101 Å². The number of anilines is 1. The fraction of sp³-hybridized carbons (Fsp3) is 0.115. The maximum atomic E-state index is 13.1. The second kappa shape index (κ2) is 10.7. The van der Waals surface area contributed by atoms with Crippen LogP contribution in [0.5, 0.6) is 5.75 Å². The Balaban J connectivity index is 1.41. The highest BCUT2D eigenvalue weighted by atomic mass is 32.1. The normalized spacial score (nSPS) is 10.5. The van der Waals surface area contributed by atoms with E-state index in [0.717, 1.165) is 22.4 Å². The third-order valence-corrected chi connectivity index (χ3v) is 5.71. The van der Waals surface area contributed by atoms with E-state index in [9.17, 15) is 14.0 Å². The molecule has 172 valence electrons. The topological polar surface area (TPSA) is 80.3 Å². The number of halogens is 1. The predicted molar refractivity (Wildman–Crippen MR) is 130 cm³/mol. The van der Waals surface area contributed by atoms with Gasteiger partial charge in [0.05, 0.1) is 11.3 Å². The van der Waals surface area contributed by atoms with Gasteiger partial charge < -0.3 is 10.1 Å². The molecule has 2 N–H and O–H groups in total. The van der Waals surface area contributed by atoms with Crippen LogP contribution in [0.2, 0.25) is 0 Å². The zero-order valence-electron chi connectivity index (χ0n) is 18.4. The smallest absolute Gasteiger partial charge is 0.261 e. The lowest BCUT2D eigenvalue weighted by Crippen LogP contribution is -2.18. The Hall–Kier alpha value is -4.04. The fourth-order valence-corrected chi connectivity index (χ4v) is 3.88. The summed E-state index contributed by atoms with van der Waals surface area (Å²) in [5.74, 6) is -0.296. The molecular formula is C26H22FN3O3S. The van der Waals surface area contributed by atoms with Gasteiger partial charge in [-0.2, -0.15) is 0 Å². The maximum Gasteiger partial charge on any atom is 0.261 e. The number of rotatable bonds is 8. The number of thiazole rings is 1. The standard InChI is InChI=1S/C26H22FN3O3S/c1-17(31)28-14-18-6-10-20(11-7-18)23-16-34-26(29-23)30-25(32)22-4-2-3-5-24(22)33-15-19-8-12-21(27)13-9-19/h2-13,16H,14-15H2,1H3,(H,28,31)(H,29,30,32). The molecule has 0 fully saturated rings. The van der Waals surface area contributed by atoms with Crippen molar-refractivity contribution in [3.63, 3.8) is 0 Å². The molecule has 0 aliphatic carbocycles. The van der Waals surface area contributed by atoms with Crippen molar-refractivity contribution in [1.82, 2.24) is 10.3 Å². The van der Waals surface area contributed by atoms with Crippen molar-refractivity contribution in [2.45, 2.75) is 20.1 Å². The Morgan fingerprint density at radius 1 is 0.971 bits per heavy atom. The lowest BCUT2D eigenvalue weighted by Gasteiger charge is -2.11. The summed E-state index contributed by atoms with van der Waals surface area (Å²) < 4.78 is 18.9. The number of hydrogen-bond acceptors (Lipinski definition) is 5. The Morgan fingerprint density at radius 3 is 2.41 bits per heavy atom. The molecule has 1 aromatic heterocycles. The number of hydrogen-bond donors (Lipinski definition) is 2. The van der Waals surface area contributed by atoms with Crippen LogP contribution in [-0.4, -0.2) is 16.8 Å². The van der Waals surface area contributed by atoms with E-state index in [2.05, 4.69) is 15.6 Å². The zero-order valence-corrected chi connectivity index (χ0v) is 19.2. The third-order valence-electron chi connectivity index (χ3n) is 4.96. The number of aromatic nitrogens is 1. The highest BCUT2D eigenvalue weighted by molar-refractivity contribution is 7.14. The Bertz CT molecular complexity index is 1290. The van der Waals surface area contributed by atoms with E-state index in [-0.39, 0.29) is 24.2 Å². The van der Waals surface area contributed by atoms with E-state index in [1.807, 2.05) is 29.6 Å².